The van der Waals surface area contributed by atoms with Gasteiger partial charge in [0.15, 0.2) is 10.8 Å². The molecule has 2 aromatic rings. The molecule has 0 saturated carbocycles. The van der Waals surface area contributed by atoms with Gasteiger partial charge in [0, 0.05) is 25.0 Å². The van der Waals surface area contributed by atoms with E-state index in [0.29, 0.717) is 6.54 Å². The summed E-state index contributed by atoms with van der Waals surface area (Å²) >= 11 is 1.34. The van der Waals surface area contributed by atoms with E-state index >= 15 is 0 Å². The van der Waals surface area contributed by atoms with E-state index in [4.69, 9.17) is 9.84 Å². The maximum absolute atomic E-state index is 11.9. The van der Waals surface area contributed by atoms with Crippen molar-refractivity contribution in [2.24, 2.45) is 5.92 Å². The lowest BCUT2D eigenvalue weighted by molar-refractivity contribution is 0.0691. The van der Waals surface area contributed by atoms with Crippen LogP contribution in [0.15, 0.2) is 35.7 Å². The number of anilines is 1. The van der Waals surface area contributed by atoms with Gasteiger partial charge in [-0.1, -0.05) is 30.3 Å². The number of hydrogen-bond donors (Lipinski definition) is 2. The van der Waals surface area contributed by atoms with E-state index in [9.17, 15) is 9.59 Å². The van der Waals surface area contributed by atoms with Crippen LogP contribution in [0.5, 0.6) is 0 Å². The fraction of sp³-hybridized carbons (Fsp3) is 0.389. The average Bonchev–Trinajstić information content (AvgIpc) is 3.16. The van der Waals surface area contributed by atoms with Crippen molar-refractivity contribution in [1.82, 2.24) is 10.3 Å². The summed E-state index contributed by atoms with van der Waals surface area (Å²) < 4.78 is 5.22. The van der Waals surface area contributed by atoms with Gasteiger partial charge in [-0.2, -0.15) is 0 Å². The Bertz CT molecular complexity index is 750. The number of carbonyl (C=O) groups is 2. The number of aromatic nitrogens is 1. The smallest absolute Gasteiger partial charge is 0.407 e. The van der Waals surface area contributed by atoms with Gasteiger partial charge >= 0.3 is 12.1 Å². The van der Waals surface area contributed by atoms with Gasteiger partial charge in [0.2, 0.25) is 0 Å². The predicted molar refractivity (Wildman–Crippen MR) is 98.6 cm³/mol. The molecule has 0 bridgehead atoms. The monoisotopic (exact) mass is 375 g/mol. The third-order valence-corrected chi connectivity index (χ3v) is 5.15. The molecule has 1 aliphatic heterocycles. The Labute approximate surface area is 155 Å². The molecule has 2 heterocycles. The van der Waals surface area contributed by atoms with E-state index in [-0.39, 0.29) is 18.2 Å². The molecule has 26 heavy (non-hydrogen) atoms. The standard InChI is InChI=1S/C18H21N3O4S/c22-16(23)15-12-26-17(20-15)21-8-4-7-14(10-21)9-19-18(24)25-11-13-5-2-1-3-6-13/h1-3,5-6,12,14H,4,7-11H2,(H,19,24)(H,22,23). The molecule has 1 unspecified atom stereocenters. The lowest BCUT2D eigenvalue weighted by atomic mass is 9.98. The zero-order valence-electron chi connectivity index (χ0n) is 14.3. The van der Waals surface area contributed by atoms with Crippen LogP contribution < -0.4 is 10.2 Å². The number of alkyl carbamates (subject to hydrolysis) is 1. The van der Waals surface area contributed by atoms with Gasteiger partial charge in [0.05, 0.1) is 0 Å². The van der Waals surface area contributed by atoms with Crippen LogP contribution in [-0.4, -0.2) is 41.8 Å². The van der Waals surface area contributed by atoms with E-state index in [1.54, 1.807) is 5.38 Å². The molecule has 1 saturated heterocycles. The largest absolute Gasteiger partial charge is 0.476 e. The van der Waals surface area contributed by atoms with Crippen molar-refractivity contribution in [3.8, 4) is 0 Å². The number of carboxylic acid groups (broad SMARTS) is 1. The number of aromatic carboxylic acids is 1. The van der Waals surface area contributed by atoms with Gasteiger partial charge in [-0.25, -0.2) is 14.6 Å². The minimum absolute atomic E-state index is 0.0785. The first kappa shape index (κ1) is 18.2. The highest BCUT2D eigenvalue weighted by Crippen LogP contribution is 2.26. The third-order valence-electron chi connectivity index (χ3n) is 4.25. The van der Waals surface area contributed by atoms with E-state index in [1.807, 2.05) is 30.3 Å². The van der Waals surface area contributed by atoms with Crippen molar-refractivity contribution in [2.75, 3.05) is 24.5 Å². The lowest BCUT2D eigenvalue weighted by Crippen LogP contribution is -2.41. The maximum Gasteiger partial charge on any atom is 0.407 e. The fourth-order valence-corrected chi connectivity index (χ4v) is 3.75. The first-order chi connectivity index (χ1) is 12.6. The predicted octanol–water partition coefficient (Wildman–Crippen LogP) is 2.98. The molecule has 1 aromatic carbocycles. The van der Waals surface area contributed by atoms with Gasteiger partial charge in [-0.15, -0.1) is 11.3 Å². The summed E-state index contributed by atoms with van der Waals surface area (Å²) in [5.41, 5.74) is 1.03. The fourth-order valence-electron chi connectivity index (χ4n) is 2.91. The Morgan fingerprint density at radius 3 is 2.88 bits per heavy atom. The summed E-state index contributed by atoms with van der Waals surface area (Å²) in [4.78, 5) is 29.1. The number of thiazole rings is 1. The van der Waals surface area contributed by atoms with Crippen molar-refractivity contribution in [3.05, 3.63) is 47.0 Å². The summed E-state index contributed by atoms with van der Waals surface area (Å²) in [6.07, 6.45) is 1.56. The van der Waals surface area contributed by atoms with Gasteiger partial charge in [-0.05, 0) is 24.3 Å². The van der Waals surface area contributed by atoms with Crippen molar-refractivity contribution in [1.29, 1.82) is 0 Å². The first-order valence-corrected chi connectivity index (χ1v) is 9.38. The molecule has 7 nitrogen and oxygen atoms in total. The second-order valence-electron chi connectivity index (χ2n) is 6.22. The van der Waals surface area contributed by atoms with Gasteiger partial charge < -0.3 is 20.1 Å². The summed E-state index contributed by atoms with van der Waals surface area (Å²) in [6.45, 7) is 2.37. The molecule has 8 heteroatoms. The zero-order valence-corrected chi connectivity index (χ0v) is 15.1. The molecular formula is C18H21N3O4S. The molecular weight excluding hydrogens is 354 g/mol. The molecule has 1 atom stereocenters. The van der Waals surface area contributed by atoms with E-state index in [0.717, 1.165) is 36.6 Å². The molecule has 0 radical (unpaired) electrons. The van der Waals surface area contributed by atoms with Crippen molar-refractivity contribution >= 4 is 28.5 Å². The molecule has 1 aliphatic rings. The van der Waals surface area contributed by atoms with Crippen molar-refractivity contribution in [2.45, 2.75) is 19.4 Å². The molecule has 1 aromatic heterocycles. The van der Waals surface area contributed by atoms with Crippen LogP contribution in [0, 0.1) is 5.92 Å². The van der Waals surface area contributed by atoms with Gasteiger partial charge in [-0.3, -0.25) is 0 Å². The minimum atomic E-state index is -1.01. The number of hydrogen-bond acceptors (Lipinski definition) is 6. The Kier molecular flexibility index (Phi) is 6.06. The molecule has 1 fully saturated rings. The van der Waals surface area contributed by atoms with Crippen molar-refractivity contribution in [3.63, 3.8) is 0 Å². The quantitative estimate of drug-likeness (QED) is 0.806. The van der Waals surface area contributed by atoms with Crippen LogP contribution in [0.1, 0.15) is 28.9 Å². The number of benzene rings is 1. The maximum atomic E-state index is 11.9. The van der Waals surface area contributed by atoms with Crippen LogP contribution in [0.25, 0.3) is 0 Å². The number of carbonyl (C=O) groups excluding carboxylic acids is 1. The molecule has 3 rings (SSSR count). The number of nitrogens with one attached hydrogen (secondary N) is 1. The number of amides is 1. The second kappa shape index (κ2) is 8.66. The molecule has 0 aliphatic carbocycles. The van der Waals surface area contributed by atoms with Gasteiger partial charge in [0.25, 0.3) is 0 Å². The van der Waals surface area contributed by atoms with Crippen LogP contribution in [-0.2, 0) is 11.3 Å². The first-order valence-electron chi connectivity index (χ1n) is 8.50. The lowest BCUT2D eigenvalue weighted by Gasteiger charge is -2.32. The minimum Gasteiger partial charge on any atom is -0.476 e. The molecule has 2 N–H and O–H groups in total. The summed E-state index contributed by atoms with van der Waals surface area (Å²) in [5.74, 6) is -0.728. The van der Waals surface area contributed by atoms with Crippen LogP contribution >= 0.6 is 11.3 Å². The van der Waals surface area contributed by atoms with E-state index < -0.39 is 12.1 Å². The Morgan fingerprint density at radius 1 is 1.35 bits per heavy atom. The Hall–Kier alpha value is -2.61. The zero-order chi connectivity index (χ0) is 18.4. The molecule has 138 valence electrons. The average molecular weight is 375 g/mol. The SMILES string of the molecule is O=C(NCC1CCCN(c2nc(C(=O)O)cs2)C1)OCc1ccccc1. The number of nitrogens with zero attached hydrogens (tertiary/aromatic N) is 2. The molecule has 0 spiro atoms. The van der Waals surface area contributed by atoms with Gasteiger partial charge in [0.1, 0.15) is 6.61 Å². The van der Waals surface area contributed by atoms with Crippen LogP contribution in [0.2, 0.25) is 0 Å². The summed E-state index contributed by atoms with van der Waals surface area (Å²) in [5, 5.41) is 14.1. The normalized spacial score (nSPS) is 16.9. The van der Waals surface area contributed by atoms with Crippen LogP contribution in [0.4, 0.5) is 9.93 Å². The van der Waals surface area contributed by atoms with E-state index in [2.05, 4.69) is 15.2 Å². The summed E-state index contributed by atoms with van der Waals surface area (Å²) in [6, 6.07) is 9.54. The second-order valence-corrected chi connectivity index (χ2v) is 7.05. The highest BCUT2D eigenvalue weighted by atomic mass is 32.1. The van der Waals surface area contributed by atoms with Crippen LogP contribution in [0.3, 0.4) is 0 Å². The number of rotatable bonds is 6. The highest BCUT2D eigenvalue weighted by Gasteiger charge is 2.23. The topological polar surface area (TPSA) is 91.8 Å². The van der Waals surface area contributed by atoms with Crippen molar-refractivity contribution < 1.29 is 19.4 Å². The number of carboxylic acids is 1. The third kappa shape index (κ3) is 4.95. The highest BCUT2D eigenvalue weighted by molar-refractivity contribution is 7.13. The Morgan fingerprint density at radius 2 is 2.15 bits per heavy atom. The number of ether oxygens (including phenoxy) is 1. The number of piperidine rings is 1. The summed E-state index contributed by atoms with van der Waals surface area (Å²) in [7, 11) is 0. The molecule has 1 amide bonds. The Balaban J connectivity index is 1.44. The van der Waals surface area contributed by atoms with E-state index in [1.165, 1.54) is 11.3 Å².